The third-order valence-electron chi connectivity index (χ3n) is 6.11. The van der Waals surface area contributed by atoms with E-state index in [1.54, 1.807) is 18.3 Å². The summed E-state index contributed by atoms with van der Waals surface area (Å²) < 4.78 is 9.75. The largest absolute Gasteiger partial charge is 0.488 e. The van der Waals surface area contributed by atoms with Crippen LogP contribution in [0.15, 0.2) is 91.3 Å². The second kappa shape index (κ2) is 11.9. The lowest BCUT2D eigenvalue weighted by atomic mass is 10.1. The molecule has 0 saturated heterocycles. The fraction of sp³-hybridized carbons (Fsp3) is 0.241. The molecule has 0 aliphatic heterocycles. The Morgan fingerprint density at radius 3 is 2.51 bits per heavy atom. The van der Waals surface area contributed by atoms with Crippen LogP contribution in [0.3, 0.4) is 0 Å². The highest BCUT2D eigenvalue weighted by atomic mass is 32.2. The molecule has 0 unspecified atom stereocenters. The standard InChI is InChI=1S/C29H30N4OS/c1-2-9-22(10-3-1)19-34-28-16-7-6-15-26(28)27-18-29(31-21-30-27)32-25-14-8-11-23(17-25)20-35-33-24-12-4-5-13-24/h1-3,6-11,14-18,21,24,33H,4-5,12-13,19-20H2,(H,30,31,32). The number of benzene rings is 3. The fourth-order valence-electron chi connectivity index (χ4n) is 4.29. The smallest absolute Gasteiger partial charge is 0.134 e. The lowest BCUT2D eigenvalue weighted by Crippen LogP contribution is -2.18. The number of rotatable bonds is 10. The molecule has 0 amide bonds. The van der Waals surface area contributed by atoms with Gasteiger partial charge in [-0.2, -0.15) is 0 Å². The van der Waals surface area contributed by atoms with Gasteiger partial charge in [0.05, 0.1) is 5.69 Å². The summed E-state index contributed by atoms with van der Waals surface area (Å²) in [7, 11) is 0. The van der Waals surface area contributed by atoms with E-state index in [9.17, 15) is 0 Å². The van der Waals surface area contributed by atoms with Crippen molar-refractivity contribution in [2.24, 2.45) is 0 Å². The van der Waals surface area contributed by atoms with Crippen LogP contribution < -0.4 is 14.8 Å². The van der Waals surface area contributed by atoms with Gasteiger partial charge in [-0.3, -0.25) is 4.72 Å². The number of hydrogen-bond acceptors (Lipinski definition) is 6. The average Bonchev–Trinajstić information content (AvgIpc) is 3.42. The number of nitrogens with zero attached hydrogens (tertiary/aromatic N) is 2. The summed E-state index contributed by atoms with van der Waals surface area (Å²) >= 11 is 1.81. The van der Waals surface area contributed by atoms with E-state index >= 15 is 0 Å². The van der Waals surface area contributed by atoms with E-state index in [1.807, 2.05) is 48.5 Å². The van der Waals surface area contributed by atoms with Crippen LogP contribution in [0.25, 0.3) is 11.3 Å². The van der Waals surface area contributed by atoms with E-state index in [4.69, 9.17) is 4.74 Å². The maximum Gasteiger partial charge on any atom is 0.134 e. The molecule has 35 heavy (non-hydrogen) atoms. The van der Waals surface area contributed by atoms with Crippen LogP contribution in [-0.4, -0.2) is 16.0 Å². The number of aromatic nitrogens is 2. The molecule has 0 radical (unpaired) electrons. The van der Waals surface area contributed by atoms with Crippen molar-refractivity contribution >= 4 is 23.5 Å². The van der Waals surface area contributed by atoms with Crippen LogP contribution in [0, 0.1) is 0 Å². The molecule has 5 rings (SSSR count). The first kappa shape index (κ1) is 23.4. The molecule has 5 nitrogen and oxygen atoms in total. The SMILES string of the molecule is c1ccc(COc2ccccc2-c2cc(Nc3cccc(CSNC4CCCC4)c3)ncn2)cc1. The third kappa shape index (κ3) is 6.62. The molecule has 0 spiro atoms. The lowest BCUT2D eigenvalue weighted by Gasteiger charge is -2.13. The van der Waals surface area contributed by atoms with Crippen LogP contribution >= 0.6 is 11.9 Å². The normalized spacial score (nSPS) is 13.6. The second-order valence-corrected chi connectivity index (χ2v) is 9.59. The average molecular weight is 483 g/mol. The van der Waals surface area contributed by atoms with Crippen molar-refractivity contribution in [1.82, 2.24) is 14.7 Å². The summed E-state index contributed by atoms with van der Waals surface area (Å²) in [6.07, 6.45) is 6.89. The maximum atomic E-state index is 6.14. The molecule has 6 heteroatoms. The van der Waals surface area contributed by atoms with Gasteiger partial charge >= 0.3 is 0 Å². The highest BCUT2D eigenvalue weighted by Gasteiger charge is 2.14. The van der Waals surface area contributed by atoms with Gasteiger partial charge in [-0.1, -0.05) is 79.4 Å². The van der Waals surface area contributed by atoms with Gasteiger partial charge in [0, 0.05) is 29.1 Å². The first-order valence-corrected chi connectivity index (χ1v) is 13.1. The van der Waals surface area contributed by atoms with Crippen molar-refractivity contribution in [2.45, 2.75) is 44.1 Å². The minimum absolute atomic E-state index is 0.508. The predicted molar refractivity (Wildman–Crippen MR) is 145 cm³/mol. The van der Waals surface area contributed by atoms with E-state index < -0.39 is 0 Å². The highest BCUT2D eigenvalue weighted by Crippen LogP contribution is 2.30. The third-order valence-corrected chi connectivity index (χ3v) is 7.09. The molecular weight excluding hydrogens is 452 g/mol. The zero-order valence-electron chi connectivity index (χ0n) is 19.7. The topological polar surface area (TPSA) is 59.1 Å². The maximum absolute atomic E-state index is 6.14. The molecule has 178 valence electrons. The van der Waals surface area contributed by atoms with Crippen molar-refractivity contribution < 1.29 is 4.74 Å². The Morgan fingerprint density at radius 1 is 0.829 bits per heavy atom. The minimum Gasteiger partial charge on any atom is -0.488 e. The lowest BCUT2D eigenvalue weighted by molar-refractivity contribution is 0.307. The molecule has 1 aliphatic carbocycles. The molecule has 1 fully saturated rings. The van der Waals surface area contributed by atoms with E-state index in [2.05, 4.69) is 56.4 Å². The molecule has 1 aliphatic rings. The Bertz CT molecular complexity index is 1230. The zero-order chi connectivity index (χ0) is 23.7. The van der Waals surface area contributed by atoms with Gasteiger partial charge in [-0.25, -0.2) is 9.97 Å². The summed E-state index contributed by atoms with van der Waals surface area (Å²) in [6.45, 7) is 0.508. The van der Waals surface area contributed by atoms with Gasteiger partial charge in [-0.15, -0.1) is 0 Å². The molecule has 3 aromatic carbocycles. The molecule has 0 bridgehead atoms. The molecule has 1 saturated carbocycles. The summed E-state index contributed by atoms with van der Waals surface area (Å²) in [6, 6.07) is 29.3. The van der Waals surface area contributed by atoms with Gasteiger partial charge < -0.3 is 10.1 Å². The van der Waals surface area contributed by atoms with Gasteiger partial charge in [0.15, 0.2) is 0 Å². The molecule has 2 N–H and O–H groups in total. The number of nitrogens with one attached hydrogen (secondary N) is 2. The first-order valence-electron chi connectivity index (χ1n) is 12.1. The van der Waals surface area contributed by atoms with Gasteiger partial charge in [0.2, 0.25) is 0 Å². The molecule has 0 atom stereocenters. The van der Waals surface area contributed by atoms with E-state index in [0.717, 1.165) is 39.8 Å². The van der Waals surface area contributed by atoms with Crippen LogP contribution in [0.2, 0.25) is 0 Å². The Hall–Kier alpha value is -3.35. The van der Waals surface area contributed by atoms with Crippen molar-refractivity contribution in [1.29, 1.82) is 0 Å². The minimum atomic E-state index is 0.508. The van der Waals surface area contributed by atoms with Crippen molar-refractivity contribution in [2.75, 3.05) is 5.32 Å². The van der Waals surface area contributed by atoms with Crippen LogP contribution in [-0.2, 0) is 12.4 Å². The summed E-state index contributed by atoms with van der Waals surface area (Å²) in [5.74, 6) is 2.49. The van der Waals surface area contributed by atoms with Crippen molar-refractivity contribution in [3.8, 4) is 17.0 Å². The molecular formula is C29H30N4OS. The number of anilines is 2. The zero-order valence-corrected chi connectivity index (χ0v) is 20.5. The first-order chi connectivity index (χ1) is 17.3. The van der Waals surface area contributed by atoms with Gasteiger partial charge in [-0.05, 0) is 48.2 Å². The quantitative estimate of drug-likeness (QED) is 0.234. The van der Waals surface area contributed by atoms with Crippen LogP contribution in [0.5, 0.6) is 5.75 Å². The predicted octanol–water partition coefficient (Wildman–Crippen LogP) is 7.15. The highest BCUT2D eigenvalue weighted by molar-refractivity contribution is 7.96. The molecule has 4 aromatic rings. The van der Waals surface area contributed by atoms with E-state index in [-0.39, 0.29) is 0 Å². The Balaban J connectivity index is 1.25. The Labute approximate surface area is 211 Å². The monoisotopic (exact) mass is 482 g/mol. The summed E-state index contributed by atoms with van der Waals surface area (Å²) in [5, 5.41) is 3.44. The molecule has 1 aromatic heterocycles. The Morgan fingerprint density at radius 2 is 1.63 bits per heavy atom. The molecule has 1 heterocycles. The van der Waals surface area contributed by atoms with Crippen molar-refractivity contribution in [3.05, 3.63) is 102 Å². The second-order valence-electron chi connectivity index (χ2n) is 8.77. The fourth-order valence-corrected chi connectivity index (χ4v) is 5.19. The van der Waals surface area contributed by atoms with Gasteiger partial charge in [0.25, 0.3) is 0 Å². The van der Waals surface area contributed by atoms with Crippen LogP contribution in [0.4, 0.5) is 11.5 Å². The van der Waals surface area contributed by atoms with E-state index in [0.29, 0.717) is 12.6 Å². The number of ether oxygens (including phenoxy) is 1. The van der Waals surface area contributed by atoms with Crippen molar-refractivity contribution in [3.63, 3.8) is 0 Å². The van der Waals surface area contributed by atoms with E-state index in [1.165, 1.54) is 31.2 Å². The number of para-hydroxylation sites is 1. The summed E-state index contributed by atoms with van der Waals surface area (Å²) in [5.41, 5.74) is 5.18. The Kier molecular flexibility index (Phi) is 7.93. The number of hydrogen-bond donors (Lipinski definition) is 2. The van der Waals surface area contributed by atoms with Crippen LogP contribution in [0.1, 0.15) is 36.8 Å². The van der Waals surface area contributed by atoms with Gasteiger partial charge in [0.1, 0.15) is 24.5 Å². The summed E-state index contributed by atoms with van der Waals surface area (Å²) in [4.78, 5) is 8.97.